The van der Waals surface area contributed by atoms with Gasteiger partial charge in [-0.25, -0.2) is 9.97 Å². The van der Waals surface area contributed by atoms with Gasteiger partial charge < -0.3 is 0 Å². The molecule has 1 saturated heterocycles. The first-order chi connectivity index (χ1) is 10.7. The molecule has 116 valence electrons. The third-order valence-electron chi connectivity index (χ3n) is 4.27. The van der Waals surface area contributed by atoms with Crippen LogP contribution < -0.4 is 0 Å². The standard InChI is InChI=1S/C18H24N4/c1-14-5-3-7-17(20-14)11-16-6-4-10-22(12-16)13-18-8-9-19-15(2)21-18/h3,5,7-9,16H,4,6,10-13H2,1-2H3. The maximum atomic E-state index is 4.65. The summed E-state index contributed by atoms with van der Waals surface area (Å²) in [4.78, 5) is 15.9. The molecular formula is C18H24N4. The number of hydrogen-bond acceptors (Lipinski definition) is 4. The Balaban J connectivity index is 1.59. The SMILES string of the molecule is Cc1cccc(CC2CCCN(Cc3ccnc(C)n3)C2)n1. The number of nitrogens with zero attached hydrogens (tertiary/aromatic N) is 4. The first kappa shape index (κ1) is 15.1. The van der Waals surface area contributed by atoms with Crippen LogP contribution in [0.5, 0.6) is 0 Å². The highest BCUT2D eigenvalue weighted by molar-refractivity contribution is 5.11. The zero-order valence-corrected chi connectivity index (χ0v) is 13.5. The molecule has 1 aliphatic heterocycles. The summed E-state index contributed by atoms with van der Waals surface area (Å²) in [5.74, 6) is 1.56. The van der Waals surface area contributed by atoms with Gasteiger partial charge in [0.15, 0.2) is 0 Å². The minimum absolute atomic E-state index is 0.700. The van der Waals surface area contributed by atoms with Crippen LogP contribution >= 0.6 is 0 Å². The molecule has 0 aromatic carbocycles. The van der Waals surface area contributed by atoms with Gasteiger partial charge in [-0.15, -0.1) is 0 Å². The van der Waals surface area contributed by atoms with E-state index in [1.165, 1.54) is 25.1 Å². The zero-order valence-electron chi connectivity index (χ0n) is 13.5. The van der Waals surface area contributed by atoms with Gasteiger partial charge in [-0.3, -0.25) is 9.88 Å². The van der Waals surface area contributed by atoms with Crippen molar-refractivity contribution in [2.75, 3.05) is 13.1 Å². The largest absolute Gasteiger partial charge is 0.297 e. The van der Waals surface area contributed by atoms with Crippen LogP contribution in [0.15, 0.2) is 30.5 Å². The van der Waals surface area contributed by atoms with Crippen LogP contribution in [0.4, 0.5) is 0 Å². The van der Waals surface area contributed by atoms with Crippen molar-refractivity contribution in [1.82, 2.24) is 19.9 Å². The van der Waals surface area contributed by atoms with E-state index < -0.39 is 0 Å². The Bertz CT molecular complexity index is 572. The van der Waals surface area contributed by atoms with E-state index in [9.17, 15) is 0 Å². The van der Waals surface area contributed by atoms with E-state index in [2.05, 4.69) is 45.0 Å². The Hall–Kier alpha value is -1.81. The number of piperidine rings is 1. The molecule has 3 rings (SSSR count). The first-order valence-electron chi connectivity index (χ1n) is 8.12. The topological polar surface area (TPSA) is 41.9 Å². The van der Waals surface area contributed by atoms with Crippen LogP contribution in [0.1, 0.15) is 35.7 Å². The Morgan fingerprint density at radius 1 is 1.14 bits per heavy atom. The molecule has 3 heterocycles. The first-order valence-corrected chi connectivity index (χ1v) is 8.12. The average molecular weight is 296 g/mol. The smallest absolute Gasteiger partial charge is 0.125 e. The van der Waals surface area contributed by atoms with Gasteiger partial charge >= 0.3 is 0 Å². The molecule has 4 heteroatoms. The highest BCUT2D eigenvalue weighted by Crippen LogP contribution is 2.21. The summed E-state index contributed by atoms with van der Waals surface area (Å²) in [5.41, 5.74) is 3.47. The van der Waals surface area contributed by atoms with Crippen LogP contribution in [-0.4, -0.2) is 32.9 Å². The Labute approximate surface area is 132 Å². The molecule has 0 bridgehead atoms. The number of likely N-dealkylation sites (tertiary alicyclic amines) is 1. The molecule has 2 aromatic heterocycles. The van der Waals surface area contributed by atoms with Crippen LogP contribution in [0.2, 0.25) is 0 Å². The van der Waals surface area contributed by atoms with Crippen LogP contribution in [0.25, 0.3) is 0 Å². The molecule has 22 heavy (non-hydrogen) atoms. The average Bonchev–Trinajstić information content (AvgIpc) is 2.47. The minimum atomic E-state index is 0.700. The lowest BCUT2D eigenvalue weighted by molar-refractivity contribution is 0.164. The Morgan fingerprint density at radius 2 is 2.05 bits per heavy atom. The molecule has 0 saturated carbocycles. The van der Waals surface area contributed by atoms with Crippen molar-refractivity contribution in [3.63, 3.8) is 0 Å². The van der Waals surface area contributed by atoms with E-state index in [1.54, 1.807) is 0 Å². The maximum Gasteiger partial charge on any atom is 0.125 e. The van der Waals surface area contributed by atoms with Crippen LogP contribution in [-0.2, 0) is 13.0 Å². The highest BCUT2D eigenvalue weighted by Gasteiger charge is 2.21. The third-order valence-corrected chi connectivity index (χ3v) is 4.27. The van der Waals surface area contributed by atoms with Crippen molar-refractivity contribution in [3.8, 4) is 0 Å². The van der Waals surface area contributed by atoms with Crippen molar-refractivity contribution in [2.24, 2.45) is 5.92 Å². The second-order valence-electron chi connectivity index (χ2n) is 6.31. The lowest BCUT2D eigenvalue weighted by Crippen LogP contribution is -2.36. The summed E-state index contributed by atoms with van der Waals surface area (Å²) in [6.07, 6.45) is 5.51. The second kappa shape index (κ2) is 6.97. The van der Waals surface area contributed by atoms with E-state index in [4.69, 9.17) is 0 Å². The number of pyridine rings is 1. The predicted octanol–water partition coefficient (Wildman–Crippen LogP) is 2.94. The normalized spacial score (nSPS) is 19.3. The van der Waals surface area contributed by atoms with Crippen LogP contribution in [0.3, 0.4) is 0 Å². The summed E-state index contributed by atoms with van der Waals surface area (Å²) in [5, 5.41) is 0. The van der Waals surface area contributed by atoms with Gasteiger partial charge in [0.05, 0.1) is 5.69 Å². The predicted molar refractivity (Wildman–Crippen MR) is 87.4 cm³/mol. The van der Waals surface area contributed by atoms with E-state index in [-0.39, 0.29) is 0 Å². The molecular weight excluding hydrogens is 272 g/mol. The van der Waals surface area contributed by atoms with Gasteiger partial charge in [-0.05, 0) is 63.8 Å². The van der Waals surface area contributed by atoms with Crippen molar-refractivity contribution >= 4 is 0 Å². The van der Waals surface area contributed by atoms with Gasteiger partial charge in [0.1, 0.15) is 5.82 Å². The molecule has 0 spiro atoms. The lowest BCUT2D eigenvalue weighted by atomic mass is 9.93. The Morgan fingerprint density at radius 3 is 2.86 bits per heavy atom. The van der Waals surface area contributed by atoms with Gasteiger partial charge in [0.25, 0.3) is 0 Å². The van der Waals surface area contributed by atoms with E-state index in [1.807, 2.05) is 19.2 Å². The Kier molecular flexibility index (Phi) is 4.78. The monoisotopic (exact) mass is 296 g/mol. The fraction of sp³-hybridized carbons (Fsp3) is 0.500. The van der Waals surface area contributed by atoms with Gasteiger partial charge in [-0.1, -0.05) is 6.07 Å². The summed E-state index contributed by atoms with van der Waals surface area (Å²) in [7, 11) is 0. The van der Waals surface area contributed by atoms with Gasteiger partial charge in [0, 0.05) is 30.7 Å². The molecule has 4 nitrogen and oxygen atoms in total. The molecule has 1 fully saturated rings. The fourth-order valence-corrected chi connectivity index (χ4v) is 3.29. The highest BCUT2D eigenvalue weighted by atomic mass is 15.1. The summed E-state index contributed by atoms with van der Waals surface area (Å²) >= 11 is 0. The molecule has 1 atom stereocenters. The quantitative estimate of drug-likeness (QED) is 0.870. The fourth-order valence-electron chi connectivity index (χ4n) is 3.29. The second-order valence-corrected chi connectivity index (χ2v) is 6.31. The molecule has 0 N–H and O–H groups in total. The molecule has 1 unspecified atom stereocenters. The van der Waals surface area contributed by atoms with Gasteiger partial charge in [0.2, 0.25) is 0 Å². The van der Waals surface area contributed by atoms with Crippen molar-refractivity contribution < 1.29 is 0 Å². The van der Waals surface area contributed by atoms with Crippen molar-refractivity contribution in [1.29, 1.82) is 0 Å². The third kappa shape index (κ3) is 4.10. The van der Waals surface area contributed by atoms with Crippen LogP contribution in [0, 0.1) is 19.8 Å². The molecule has 2 aromatic rings. The number of hydrogen-bond donors (Lipinski definition) is 0. The van der Waals surface area contributed by atoms with Gasteiger partial charge in [-0.2, -0.15) is 0 Å². The summed E-state index contributed by atoms with van der Waals surface area (Å²) < 4.78 is 0. The summed E-state index contributed by atoms with van der Waals surface area (Å²) in [6.45, 7) is 7.25. The van der Waals surface area contributed by atoms with E-state index in [0.29, 0.717) is 5.92 Å². The van der Waals surface area contributed by atoms with Crippen molar-refractivity contribution in [2.45, 2.75) is 39.7 Å². The molecule has 0 radical (unpaired) electrons. The molecule has 1 aliphatic rings. The number of aromatic nitrogens is 3. The maximum absolute atomic E-state index is 4.65. The zero-order chi connectivity index (χ0) is 15.4. The molecule has 0 aliphatic carbocycles. The summed E-state index contributed by atoms with van der Waals surface area (Å²) in [6, 6.07) is 8.36. The molecule has 0 amide bonds. The lowest BCUT2D eigenvalue weighted by Gasteiger charge is -2.32. The van der Waals surface area contributed by atoms with Crippen molar-refractivity contribution in [3.05, 3.63) is 53.4 Å². The van der Waals surface area contributed by atoms with E-state index >= 15 is 0 Å². The van der Waals surface area contributed by atoms with E-state index in [0.717, 1.165) is 36.7 Å². The minimum Gasteiger partial charge on any atom is -0.297 e. The number of rotatable bonds is 4. The number of aryl methyl sites for hydroxylation is 2.